The summed E-state index contributed by atoms with van der Waals surface area (Å²) in [5.74, 6) is 0. The normalized spacial score (nSPS) is 12.2. The average Bonchev–Trinajstić information content (AvgIpc) is 3.87. The summed E-state index contributed by atoms with van der Waals surface area (Å²) in [4.78, 5) is 0. The topological polar surface area (TPSA) is 14.3 Å². The molecule has 224 valence electrons. The van der Waals surface area contributed by atoms with E-state index >= 15 is 0 Å². The van der Waals surface area contributed by atoms with Crippen molar-refractivity contribution in [3.8, 4) is 22.5 Å². The third-order valence-electron chi connectivity index (χ3n) is 10.0. The van der Waals surface area contributed by atoms with Crippen LogP contribution in [0.4, 0.5) is 0 Å². The van der Waals surface area contributed by atoms with E-state index in [9.17, 15) is 0 Å². The Morgan fingerprint density at radius 3 is 1.85 bits per heavy atom. The van der Waals surface area contributed by atoms with E-state index in [4.69, 9.17) is 0 Å². The van der Waals surface area contributed by atoms with Gasteiger partial charge in [0.1, 0.15) is 5.65 Å². The third-order valence-corrected chi connectivity index (χ3v) is 11.1. The van der Waals surface area contributed by atoms with Crippen LogP contribution >= 0.6 is 11.3 Å². The van der Waals surface area contributed by atoms with Gasteiger partial charge in [-0.2, -0.15) is 0 Å². The molecule has 0 aliphatic carbocycles. The molecule has 0 N–H and O–H groups in total. The van der Waals surface area contributed by atoms with Crippen LogP contribution in [0.2, 0.25) is 0 Å². The first-order valence-electron chi connectivity index (χ1n) is 16.4. The number of aromatic nitrogens is 3. The van der Waals surface area contributed by atoms with Crippen LogP contribution in [0.15, 0.2) is 164 Å². The molecule has 7 aromatic carbocycles. The summed E-state index contributed by atoms with van der Waals surface area (Å²) in [5.41, 5.74) is 12.0. The second-order valence-corrected chi connectivity index (χ2v) is 13.7. The number of thiophene rings is 1. The summed E-state index contributed by atoms with van der Waals surface area (Å²) in [6.45, 7) is 0. The second-order valence-electron chi connectivity index (χ2n) is 12.6. The van der Waals surface area contributed by atoms with Gasteiger partial charge in [-0.25, -0.2) is 0 Å². The Morgan fingerprint density at radius 2 is 1.02 bits per heavy atom. The highest BCUT2D eigenvalue weighted by Gasteiger charge is 2.24. The van der Waals surface area contributed by atoms with E-state index in [1.54, 1.807) is 0 Å². The number of nitrogens with zero attached hydrogens (tertiary/aromatic N) is 3. The van der Waals surface area contributed by atoms with Gasteiger partial charge in [-0.1, -0.05) is 103 Å². The molecule has 3 nitrogen and oxygen atoms in total. The zero-order valence-electron chi connectivity index (χ0n) is 25.8. The van der Waals surface area contributed by atoms with Gasteiger partial charge < -0.3 is 4.57 Å². The number of imidazole rings is 1. The molecule has 0 aliphatic rings. The van der Waals surface area contributed by atoms with Gasteiger partial charge in [0.2, 0.25) is 0 Å². The smallest absolute Gasteiger partial charge is 0.131 e. The molecule has 0 amide bonds. The molecule has 0 bridgehead atoms. The number of hydrogen-bond donors (Lipinski definition) is 0. The number of hydrogen-bond acceptors (Lipinski definition) is 1. The molecule has 0 spiro atoms. The lowest BCUT2D eigenvalue weighted by molar-refractivity contribution is 1.15. The van der Waals surface area contributed by atoms with Crippen molar-refractivity contribution in [1.82, 2.24) is 13.5 Å². The van der Waals surface area contributed by atoms with E-state index in [0.29, 0.717) is 0 Å². The minimum atomic E-state index is 1.16. The lowest BCUT2D eigenvalue weighted by Crippen LogP contribution is -1.95. The third kappa shape index (κ3) is 3.47. The Morgan fingerprint density at radius 1 is 0.354 bits per heavy atom. The van der Waals surface area contributed by atoms with Crippen molar-refractivity contribution in [2.45, 2.75) is 0 Å². The maximum Gasteiger partial charge on any atom is 0.131 e. The molecule has 11 aromatic rings. The number of para-hydroxylation sites is 4. The molecule has 4 heteroatoms. The van der Waals surface area contributed by atoms with Crippen molar-refractivity contribution in [1.29, 1.82) is 0 Å². The van der Waals surface area contributed by atoms with Crippen molar-refractivity contribution < 1.29 is 0 Å². The highest BCUT2D eigenvalue weighted by atomic mass is 32.1. The lowest BCUT2D eigenvalue weighted by Gasteiger charge is -2.10. The molecule has 11 rings (SSSR count). The van der Waals surface area contributed by atoms with Crippen LogP contribution in [0.5, 0.6) is 0 Å². The first-order chi connectivity index (χ1) is 23.8. The zero-order valence-corrected chi connectivity index (χ0v) is 26.7. The average molecular weight is 630 g/mol. The second kappa shape index (κ2) is 9.71. The molecule has 0 saturated heterocycles. The van der Waals surface area contributed by atoms with E-state index in [2.05, 4.69) is 177 Å². The highest BCUT2D eigenvalue weighted by Crippen LogP contribution is 2.45. The lowest BCUT2D eigenvalue weighted by atomic mass is 10.0. The predicted octanol–water partition coefficient (Wildman–Crippen LogP) is 12.2. The molecule has 0 saturated carbocycles. The van der Waals surface area contributed by atoms with E-state index in [1.807, 2.05) is 11.3 Å². The fourth-order valence-corrected chi connectivity index (χ4v) is 9.15. The Hall–Kier alpha value is -6.10. The molecule has 0 radical (unpaired) electrons. The first-order valence-corrected chi connectivity index (χ1v) is 17.2. The minimum absolute atomic E-state index is 1.16. The molecule has 0 aliphatic heterocycles. The molecule has 0 fully saturated rings. The van der Waals surface area contributed by atoms with Gasteiger partial charge in [0.05, 0.1) is 27.6 Å². The minimum Gasteiger partial charge on any atom is -0.309 e. The summed E-state index contributed by atoms with van der Waals surface area (Å²) in [7, 11) is 0. The Balaban J connectivity index is 1.33. The molecule has 4 aromatic heterocycles. The van der Waals surface area contributed by atoms with Crippen molar-refractivity contribution in [3.05, 3.63) is 164 Å². The highest BCUT2D eigenvalue weighted by molar-refractivity contribution is 7.25. The summed E-state index contributed by atoms with van der Waals surface area (Å²) in [6, 6.07) is 59.9. The van der Waals surface area contributed by atoms with Gasteiger partial charge in [0.15, 0.2) is 0 Å². The van der Waals surface area contributed by atoms with Gasteiger partial charge in [-0.3, -0.25) is 8.97 Å². The Kier molecular flexibility index (Phi) is 5.26. The van der Waals surface area contributed by atoms with E-state index in [-0.39, 0.29) is 0 Å². The van der Waals surface area contributed by atoms with Crippen LogP contribution in [0.3, 0.4) is 0 Å². The van der Waals surface area contributed by atoms with Crippen LogP contribution < -0.4 is 0 Å². The number of fused-ring (bicyclic) bond motifs is 11. The van der Waals surface area contributed by atoms with Crippen LogP contribution in [0.25, 0.3) is 92.1 Å². The summed E-state index contributed by atoms with van der Waals surface area (Å²) in [6.07, 6.45) is 0. The van der Waals surface area contributed by atoms with Gasteiger partial charge in [-0.05, 0) is 66.2 Å². The van der Waals surface area contributed by atoms with Crippen LogP contribution in [-0.4, -0.2) is 13.5 Å². The number of rotatable bonds is 3. The maximum atomic E-state index is 2.49. The molecule has 4 heterocycles. The zero-order chi connectivity index (χ0) is 31.3. The predicted molar refractivity (Wildman–Crippen MR) is 204 cm³/mol. The maximum absolute atomic E-state index is 2.49. The SMILES string of the molecule is c1ccc(-c2c3cc4c5ccccc5n(-c5ccccc5)c4cc3n3c4ccccc4n(-c4ccc5c(c4)sc4ccccc45)c23)cc1. The summed E-state index contributed by atoms with van der Waals surface area (Å²) < 4.78 is 10.0. The summed E-state index contributed by atoms with van der Waals surface area (Å²) in [5, 5.41) is 6.41. The molecule has 48 heavy (non-hydrogen) atoms. The van der Waals surface area contributed by atoms with Gasteiger partial charge >= 0.3 is 0 Å². The van der Waals surface area contributed by atoms with E-state index in [0.717, 1.165) is 5.69 Å². The van der Waals surface area contributed by atoms with Crippen molar-refractivity contribution >= 4 is 80.9 Å². The van der Waals surface area contributed by atoms with Crippen molar-refractivity contribution in [3.63, 3.8) is 0 Å². The van der Waals surface area contributed by atoms with Crippen LogP contribution in [-0.2, 0) is 0 Å². The van der Waals surface area contributed by atoms with Crippen LogP contribution in [0, 0.1) is 0 Å². The van der Waals surface area contributed by atoms with Crippen LogP contribution in [0.1, 0.15) is 0 Å². The van der Waals surface area contributed by atoms with Gasteiger partial charge in [0, 0.05) is 53.3 Å². The quantitative estimate of drug-likeness (QED) is 0.185. The molecular formula is C44H27N3S. The van der Waals surface area contributed by atoms with Gasteiger partial charge in [0.25, 0.3) is 0 Å². The number of benzene rings is 7. The molecule has 0 unspecified atom stereocenters. The van der Waals surface area contributed by atoms with Gasteiger partial charge in [-0.15, -0.1) is 11.3 Å². The Labute approximate surface area is 279 Å². The fraction of sp³-hybridized carbons (Fsp3) is 0. The van der Waals surface area contributed by atoms with E-state index < -0.39 is 0 Å². The molecule has 0 atom stereocenters. The first kappa shape index (κ1) is 26.0. The van der Waals surface area contributed by atoms with E-state index in [1.165, 1.54) is 86.4 Å². The standard InChI is InChI=1S/C44H27N3S/c1-3-13-28(14-4-1)43-35-26-34-31-17-7-9-19-36(31)45(29-15-5-2-6-16-29)39(34)27-40(35)47-38-21-11-10-20-37(38)46(44(43)47)30-23-24-33-32-18-8-12-22-41(32)48-42(33)25-30/h1-27H. The monoisotopic (exact) mass is 629 g/mol. The van der Waals surface area contributed by atoms with Crippen molar-refractivity contribution in [2.24, 2.45) is 0 Å². The summed E-state index contributed by atoms with van der Waals surface area (Å²) >= 11 is 1.87. The molecular weight excluding hydrogens is 603 g/mol. The largest absolute Gasteiger partial charge is 0.309 e. The Bertz CT molecular complexity index is 3050. The fourth-order valence-electron chi connectivity index (χ4n) is 8.01. The van der Waals surface area contributed by atoms with Crippen molar-refractivity contribution in [2.75, 3.05) is 0 Å².